The Bertz CT molecular complexity index is 952. The number of carbonyl (C=O) groups excluding carboxylic acids is 1. The second kappa shape index (κ2) is 7.89. The van der Waals surface area contributed by atoms with Gasteiger partial charge in [-0.25, -0.2) is 4.98 Å². The molecule has 26 heavy (non-hydrogen) atoms. The molecule has 0 radical (unpaired) electrons. The van der Waals surface area contributed by atoms with Crippen LogP contribution in [-0.2, 0) is 6.54 Å². The molecule has 0 saturated heterocycles. The van der Waals surface area contributed by atoms with Crippen molar-refractivity contribution in [1.82, 2.24) is 10.3 Å². The SMILES string of the molecule is Cc1ccc(Nc2nc(C)c(C(=O)NCc3cccc(Cl)c3)s2)c(C)c1. The molecular formula is C20H20ClN3OS. The number of benzene rings is 2. The maximum atomic E-state index is 12.5. The Morgan fingerprint density at radius 3 is 2.69 bits per heavy atom. The van der Waals surface area contributed by atoms with Gasteiger partial charge in [0, 0.05) is 17.3 Å². The lowest BCUT2D eigenvalue weighted by Gasteiger charge is -2.07. The lowest BCUT2D eigenvalue weighted by atomic mass is 10.1. The molecule has 0 fully saturated rings. The zero-order valence-electron chi connectivity index (χ0n) is 14.9. The molecule has 6 heteroatoms. The summed E-state index contributed by atoms with van der Waals surface area (Å²) < 4.78 is 0. The Labute approximate surface area is 162 Å². The minimum Gasteiger partial charge on any atom is -0.347 e. The smallest absolute Gasteiger partial charge is 0.263 e. The average molecular weight is 386 g/mol. The first-order valence-corrected chi connectivity index (χ1v) is 9.46. The Balaban J connectivity index is 1.70. The summed E-state index contributed by atoms with van der Waals surface area (Å²) in [5.41, 5.74) is 5.03. The molecule has 0 aliphatic rings. The largest absolute Gasteiger partial charge is 0.347 e. The molecule has 0 spiro atoms. The number of nitrogens with zero attached hydrogens (tertiary/aromatic N) is 1. The highest BCUT2D eigenvalue weighted by molar-refractivity contribution is 7.17. The number of carbonyl (C=O) groups is 1. The molecule has 0 aliphatic heterocycles. The predicted octanol–water partition coefficient (Wildman–Crippen LogP) is 5.40. The fourth-order valence-corrected chi connectivity index (χ4v) is 3.75. The van der Waals surface area contributed by atoms with Gasteiger partial charge < -0.3 is 10.6 Å². The van der Waals surface area contributed by atoms with Gasteiger partial charge in [-0.15, -0.1) is 0 Å². The zero-order chi connectivity index (χ0) is 18.7. The number of aryl methyl sites for hydroxylation is 3. The monoisotopic (exact) mass is 385 g/mol. The number of aromatic nitrogens is 1. The summed E-state index contributed by atoms with van der Waals surface area (Å²) in [5, 5.41) is 7.60. The van der Waals surface area contributed by atoms with Crippen molar-refractivity contribution in [3.63, 3.8) is 0 Å². The maximum absolute atomic E-state index is 12.5. The Hall–Kier alpha value is -2.37. The summed E-state index contributed by atoms with van der Waals surface area (Å²) in [7, 11) is 0. The number of amides is 1. The molecule has 134 valence electrons. The molecule has 1 aromatic heterocycles. The Morgan fingerprint density at radius 2 is 1.96 bits per heavy atom. The van der Waals surface area contributed by atoms with Crippen LogP contribution in [0.3, 0.4) is 0 Å². The molecule has 2 aromatic carbocycles. The number of hydrogen-bond acceptors (Lipinski definition) is 4. The first kappa shape index (κ1) is 18.4. The van der Waals surface area contributed by atoms with E-state index in [-0.39, 0.29) is 5.91 Å². The van der Waals surface area contributed by atoms with Crippen molar-refractivity contribution >= 4 is 39.7 Å². The first-order chi connectivity index (χ1) is 12.4. The van der Waals surface area contributed by atoms with Crippen LogP contribution in [0.25, 0.3) is 0 Å². The summed E-state index contributed by atoms with van der Waals surface area (Å²) in [6, 6.07) is 13.6. The second-order valence-corrected chi connectivity index (χ2v) is 7.63. The van der Waals surface area contributed by atoms with Crippen LogP contribution in [0.1, 0.15) is 32.1 Å². The van der Waals surface area contributed by atoms with Crippen LogP contribution in [0.4, 0.5) is 10.8 Å². The van der Waals surface area contributed by atoms with Crippen LogP contribution in [0.15, 0.2) is 42.5 Å². The lowest BCUT2D eigenvalue weighted by molar-refractivity contribution is 0.0954. The highest BCUT2D eigenvalue weighted by atomic mass is 35.5. The van der Waals surface area contributed by atoms with Gasteiger partial charge in [0.1, 0.15) is 4.88 Å². The lowest BCUT2D eigenvalue weighted by Crippen LogP contribution is -2.22. The van der Waals surface area contributed by atoms with E-state index in [9.17, 15) is 4.79 Å². The van der Waals surface area contributed by atoms with Gasteiger partial charge in [-0.2, -0.15) is 0 Å². The highest BCUT2D eigenvalue weighted by Crippen LogP contribution is 2.27. The van der Waals surface area contributed by atoms with Crippen LogP contribution in [0.2, 0.25) is 5.02 Å². The minimum atomic E-state index is -0.131. The summed E-state index contributed by atoms with van der Waals surface area (Å²) in [6.07, 6.45) is 0. The molecule has 0 atom stereocenters. The summed E-state index contributed by atoms with van der Waals surface area (Å²) in [6.45, 7) is 6.38. The molecule has 3 rings (SSSR count). The molecular weight excluding hydrogens is 366 g/mol. The van der Waals surface area contributed by atoms with Gasteiger partial charge in [0.2, 0.25) is 0 Å². The molecule has 0 saturated carbocycles. The van der Waals surface area contributed by atoms with E-state index in [1.165, 1.54) is 16.9 Å². The summed E-state index contributed by atoms with van der Waals surface area (Å²) in [4.78, 5) is 17.6. The van der Waals surface area contributed by atoms with E-state index in [1.54, 1.807) is 0 Å². The first-order valence-electron chi connectivity index (χ1n) is 8.27. The van der Waals surface area contributed by atoms with E-state index in [0.717, 1.165) is 16.8 Å². The van der Waals surface area contributed by atoms with Gasteiger partial charge in [0.25, 0.3) is 5.91 Å². The van der Waals surface area contributed by atoms with Crippen LogP contribution >= 0.6 is 22.9 Å². The molecule has 2 N–H and O–H groups in total. The number of thiazole rings is 1. The Morgan fingerprint density at radius 1 is 1.15 bits per heavy atom. The van der Waals surface area contributed by atoms with E-state index >= 15 is 0 Å². The van der Waals surface area contributed by atoms with Crippen LogP contribution in [0.5, 0.6) is 0 Å². The van der Waals surface area contributed by atoms with E-state index in [2.05, 4.69) is 41.6 Å². The second-order valence-electron chi connectivity index (χ2n) is 6.19. The van der Waals surface area contributed by atoms with Gasteiger partial charge in [0.15, 0.2) is 5.13 Å². The number of rotatable bonds is 5. The van der Waals surface area contributed by atoms with Crippen molar-refractivity contribution in [2.45, 2.75) is 27.3 Å². The van der Waals surface area contributed by atoms with Crippen molar-refractivity contribution in [3.05, 3.63) is 74.7 Å². The normalized spacial score (nSPS) is 10.6. The third-order valence-electron chi connectivity index (χ3n) is 3.97. The van der Waals surface area contributed by atoms with E-state index in [4.69, 9.17) is 11.6 Å². The third kappa shape index (κ3) is 4.42. The van der Waals surface area contributed by atoms with Crippen molar-refractivity contribution in [2.24, 2.45) is 0 Å². The van der Waals surface area contributed by atoms with Crippen molar-refractivity contribution in [1.29, 1.82) is 0 Å². The number of nitrogens with one attached hydrogen (secondary N) is 2. The number of halogens is 1. The average Bonchev–Trinajstić information content (AvgIpc) is 2.96. The number of anilines is 2. The molecule has 4 nitrogen and oxygen atoms in total. The van der Waals surface area contributed by atoms with E-state index < -0.39 is 0 Å². The van der Waals surface area contributed by atoms with Crippen molar-refractivity contribution in [3.8, 4) is 0 Å². The zero-order valence-corrected chi connectivity index (χ0v) is 16.5. The van der Waals surface area contributed by atoms with Crippen LogP contribution in [0, 0.1) is 20.8 Å². The minimum absolute atomic E-state index is 0.131. The topological polar surface area (TPSA) is 54.0 Å². The quantitative estimate of drug-likeness (QED) is 0.618. The molecule has 3 aromatic rings. The summed E-state index contributed by atoms with van der Waals surface area (Å²) >= 11 is 7.33. The molecule has 0 unspecified atom stereocenters. The standard InChI is InChI=1S/C20H20ClN3OS/c1-12-7-8-17(13(2)9-12)24-20-23-14(3)18(26-20)19(25)22-11-15-5-4-6-16(21)10-15/h4-10H,11H2,1-3H3,(H,22,25)(H,23,24). The predicted molar refractivity (Wildman–Crippen MR) is 109 cm³/mol. The fourth-order valence-electron chi connectivity index (χ4n) is 2.64. The molecule has 1 heterocycles. The van der Waals surface area contributed by atoms with E-state index in [0.29, 0.717) is 27.3 Å². The molecule has 1 amide bonds. The van der Waals surface area contributed by atoms with Crippen molar-refractivity contribution in [2.75, 3.05) is 5.32 Å². The van der Waals surface area contributed by atoms with Crippen LogP contribution < -0.4 is 10.6 Å². The van der Waals surface area contributed by atoms with Crippen LogP contribution in [-0.4, -0.2) is 10.9 Å². The van der Waals surface area contributed by atoms with Gasteiger partial charge >= 0.3 is 0 Å². The molecule has 0 bridgehead atoms. The van der Waals surface area contributed by atoms with Gasteiger partial charge in [-0.1, -0.05) is 52.8 Å². The van der Waals surface area contributed by atoms with Gasteiger partial charge in [-0.05, 0) is 50.1 Å². The number of hydrogen-bond donors (Lipinski definition) is 2. The third-order valence-corrected chi connectivity index (χ3v) is 5.28. The van der Waals surface area contributed by atoms with Crippen molar-refractivity contribution < 1.29 is 4.79 Å². The van der Waals surface area contributed by atoms with E-state index in [1.807, 2.05) is 37.3 Å². The van der Waals surface area contributed by atoms with Gasteiger partial charge in [0.05, 0.1) is 5.69 Å². The Kier molecular flexibility index (Phi) is 5.59. The fraction of sp³-hybridized carbons (Fsp3) is 0.200. The highest BCUT2D eigenvalue weighted by Gasteiger charge is 2.15. The van der Waals surface area contributed by atoms with Gasteiger partial charge in [-0.3, -0.25) is 4.79 Å². The molecule has 0 aliphatic carbocycles. The maximum Gasteiger partial charge on any atom is 0.263 e. The summed E-state index contributed by atoms with van der Waals surface area (Å²) in [5.74, 6) is -0.131.